The molecule has 3 heteroatoms. The summed E-state index contributed by atoms with van der Waals surface area (Å²) in [5.41, 5.74) is 1.18. The van der Waals surface area contributed by atoms with E-state index in [1.54, 1.807) is 14.2 Å². The number of methoxy groups -OCH3 is 2. The molecule has 0 amide bonds. The first-order valence-corrected chi connectivity index (χ1v) is 5.57. The molecule has 1 aliphatic carbocycles. The maximum atomic E-state index is 9.52. The fourth-order valence-corrected chi connectivity index (χ4v) is 2.23. The molecule has 2 rings (SSSR count). The van der Waals surface area contributed by atoms with Crippen molar-refractivity contribution in [3.63, 3.8) is 0 Å². The van der Waals surface area contributed by atoms with Crippen molar-refractivity contribution in [3.05, 3.63) is 23.8 Å². The van der Waals surface area contributed by atoms with E-state index in [1.165, 1.54) is 5.56 Å². The van der Waals surface area contributed by atoms with Crippen LogP contribution in [0.5, 0.6) is 11.5 Å². The maximum absolute atomic E-state index is 9.52. The smallest absolute Gasteiger partial charge is 0.126 e. The normalized spacial score (nSPS) is 25.0. The van der Waals surface area contributed by atoms with E-state index in [4.69, 9.17) is 9.47 Å². The van der Waals surface area contributed by atoms with Crippen molar-refractivity contribution in [2.24, 2.45) is 5.92 Å². The number of aliphatic hydroxyl groups excluding tert-OH is 1. The summed E-state index contributed by atoms with van der Waals surface area (Å²) in [7, 11) is 3.31. The fraction of sp³-hybridized carbons (Fsp3) is 0.538. The monoisotopic (exact) mass is 222 g/mol. The van der Waals surface area contributed by atoms with Crippen LogP contribution in [0.25, 0.3) is 0 Å². The zero-order valence-corrected chi connectivity index (χ0v) is 9.93. The summed E-state index contributed by atoms with van der Waals surface area (Å²) in [4.78, 5) is 0. The van der Waals surface area contributed by atoms with Crippen LogP contribution in [0.1, 0.15) is 24.8 Å². The molecule has 0 bridgehead atoms. The first kappa shape index (κ1) is 11.3. The highest BCUT2D eigenvalue weighted by Gasteiger charge is 2.42. The van der Waals surface area contributed by atoms with Crippen LogP contribution in [0, 0.1) is 5.92 Å². The van der Waals surface area contributed by atoms with E-state index in [-0.39, 0.29) is 6.10 Å². The Morgan fingerprint density at radius 3 is 2.56 bits per heavy atom. The zero-order chi connectivity index (χ0) is 11.7. The Bertz CT molecular complexity index is 373. The molecule has 0 unspecified atom stereocenters. The van der Waals surface area contributed by atoms with Gasteiger partial charge in [0.1, 0.15) is 11.5 Å². The summed E-state index contributed by atoms with van der Waals surface area (Å²) >= 11 is 0. The van der Waals surface area contributed by atoms with Gasteiger partial charge in [-0.2, -0.15) is 0 Å². The van der Waals surface area contributed by atoms with E-state index in [0.29, 0.717) is 11.8 Å². The highest BCUT2D eigenvalue weighted by atomic mass is 16.5. The van der Waals surface area contributed by atoms with Gasteiger partial charge in [-0.3, -0.25) is 0 Å². The molecule has 1 N–H and O–H groups in total. The first-order valence-electron chi connectivity index (χ1n) is 5.57. The molecule has 1 fully saturated rings. The van der Waals surface area contributed by atoms with Crippen molar-refractivity contribution in [1.29, 1.82) is 0 Å². The van der Waals surface area contributed by atoms with E-state index in [2.05, 4.69) is 0 Å². The Morgan fingerprint density at radius 1 is 1.31 bits per heavy atom. The summed E-state index contributed by atoms with van der Waals surface area (Å²) < 4.78 is 10.5. The molecular weight excluding hydrogens is 204 g/mol. The minimum Gasteiger partial charge on any atom is -0.497 e. The van der Waals surface area contributed by atoms with Crippen molar-refractivity contribution < 1.29 is 14.6 Å². The number of hydrogen-bond acceptors (Lipinski definition) is 3. The third kappa shape index (κ3) is 2.00. The summed E-state index contributed by atoms with van der Waals surface area (Å²) in [5, 5.41) is 9.52. The Balaban J connectivity index is 2.22. The van der Waals surface area contributed by atoms with Gasteiger partial charge in [0.15, 0.2) is 0 Å². The van der Waals surface area contributed by atoms with E-state index < -0.39 is 0 Å². The molecule has 0 saturated heterocycles. The van der Waals surface area contributed by atoms with Crippen LogP contribution in [0.3, 0.4) is 0 Å². The van der Waals surface area contributed by atoms with Crippen molar-refractivity contribution in [1.82, 2.24) is 0 Å². The van der Waals surface area contributed by atoms with E-state index in [0.717, 1.165) is 17.9 Å². The topological polar surface area (TPSA) is 38.7 Å². The van der Waals surface area contributed by atoms with Crippen molar-refractivity contribution >= 4 is 0 Å². The number of ether oxygens (including phenoxy) is 2. The van der Waals surface area contributed by atoms with Crippen LogP contribution in [-0.2, 0) is 0 Å². The van der Waals surface area contributed by atoms with Gasteiger partial charge >= 0.3 is 0 Å². The van der Waals surface area contributed by atoms with Gasteiger partial charge in [-0.1, -0.05) is 6.07 Å². The lowest BCUT2D eigenvalue weighted by atomic mass is 10.1. The molecule has 1 aliphatic rings. The standard InChI is InChI=1S/C13H18O3/c1-8(14)11-7-12(11)10-5-4-9(15-2)6-13(10)16-3/h4-6,8,11-12,14H,7H2,1-3H3/t8-,11+,12-/m0/s1. The van der Waals surface area contributed by atoms with Gasteiger partial charge in [-0.15, -0.1) is 0 Å². The van der Waals surface area contributed by atoms with Crippen molar-refractivity contribution in [3.8, 4) is 11.5 Å². The zero-order valence-electron chi connectivity index (χ0n) is 9.93. The highest BCUT2D eigenvalue weighted by molar-refractivity contribution is 5.45. The summed E-state index contributed by atoms with van der Waals surface area (Å²) in [6, 6.07) is 5.87. The Labute approximate surface area is 96.0 Å². The second kappa shape index (κ2) is 4.34. The summed E-state index contributed by atoms with van der Waals surface area (Å²) in [6.07, 6.45) is 0.803. The number of benzene rings is 1. The molecular formula is C13H18O3. The number of aliphatic hydroxyl groups is 1. The largest absolute Gasteiger partial charge is 0.497 e. The first-order chi connectivity index (χ1) is 7.67. The predicted octanol–water partition coefficient (Wildman–Crippen LogP) is 2.19. The van der Waals surface area contributed by atoms with Gasteiger partial charge in [0.25, 0.3) is 0 Å². The SMILES string of the molecule is COc1ccc([C@@H]2C[C@@H]2[C@H](C)O)c(OC)c1. The van der Waals surface area contributed by atoms with E-state index in [9.17, 15) is 5.11 Å². The van der Waals surface area contributed by atoms with Crippen LogP contribution in [-0.4, -0.2) is 25.4 Å². The predicted molar refractivity (Wildman–Crippen MR) is 62.1 cm³/mol. The lowest BCUT2D eigenvalue weighted by Crippen LogP contribution is -2.04. The third-order valence-electron chi connectivity index (χ3n) is 3.30. The summed E-state index contributed by atoms with van der Waals surface area (Å²) in [6.45, 7) is 1.85. The number of hydrogen-bond donors (Lipinski definition) is 1. The molecule has 0 spiro atoms. The number of rotatable bonds is 4. The van der Waals surface area contributed by atoms with Crippen LogP contribution in [0.2, 0.25) is 0 Å². The van der Waals surface area contributed by atoms with Gasteiger partial charge in [0.05, 0.1) is 20.3 Å². The molecule has 1 aromatic carbocycles. The van der Waals surface area contributed by atoms with Gasteiger partial charge in [-0.25, -0.2) is 0 Å². The van der Waals surface area contributed by atoms with Gasteiger partial charge in [0, 0.05) is 6.07 Å². The molecule has 0 aromatic heterocycles. The molecule has 88 valence electrons. The van der Waals surface area contributed by atoms with Crippen LogP contribution < -0.4 is 9.47 Å². The van der Waals surface area contributed by atoms with Crippen molar-refractivity contribution in [2.75, 3.05) is 14.2 Å². The quantitative estimate of drug-likeness (QED) is 0.848. The molecule has 1 aromatic rings. The fourth-order valence-electron chi connectivity index (χ4n) is 2.23. The van der Waals surface area contributed by atoms with Crippen LogP contribution in [0.4, 0.5) is 0 Å². The van der Waals surface area contributed by atoms with Crippen LogP contribution >= 0.6 is 0 Å². The minimum atomic E-state index is -0.239. The third-order valence-corrected chi connectivity index (χ3v) is 3.30. The van der Waals surface area contributed by atoms with E-state index in [1.807, 2.05) is 25.1 Å². The molecule has 3 atom stereocenters. The average Bonchev–Trinajstić information content (AvgIpc) is 3.08. The minimum absolute atomic E-state index is 0.239. The molecule has 16 heavy (non-hydrogen) atoms. The average molecular weight is 222 g/mol. The van der Waals surface area contributed by atoms with Gasteiger partial charge in [-0.05, 0) is 36.8 Å². The lowest BCUT2D eigenvalue weighted by molar-refractivity contribution is 0.168. The molecule has 0 heterocycles. The maximum Gasteiger partial charge on any atom is 0.126 e. The Morgan fingerprint density at radius 2 is 2.06 bits per heavy atom. The van der Waals surface area contributed by atoms with Gasteiger partial charge in [0.2, 0.25) is 0 Å². The lowest BCUT2D eigenvalue weighted by Gasteiger charge is -2.10. The summed E-state index contributed by atoms with van der Waals surface area (Å²) in [5.74, 6) is 2.46. The van der Waals surface area contributed by atoms with Crippen molar-refractivity contribution in [2.45, 2.75) is 25.4 Å². The Hall–Kier alpha value is -1.22. The Kier molecular flexibility index (Phi) is 3.06. The van der Waals surface area contributed by atoms with Gasteiger partial charge < -0.3 is 14.6 Å². The molecule has 3 nitrogen and oxygen atoms in total. The second-order valence-electron chi connectivity index (χ2n) is 4.35. The van der Waals surface area contributed by atoms with Crippen LogP contribution in [0.15, 0.2) is 18.2 Å². The van der Waals surface area contributed by atoms with E-state index >= 15 is 0 Å². The second-order valence-corrected chi connectivity index (χ2v) is 4.35. The molecule has 1 saturated carbocycles. The highest BCUT2D eigenvalue weighted by Crippen LogP contribution is 2.52. The molecule has 0 aliphatic heterocycles. The molecule has 0 radical (unpaired) electrons.